The number of carboxylic acid groups (broad SMARTS) is 1. The van der Waals surface area contributed by atoms with Crippen LogP contribution in [0, 0.1) is 0 Å². The average molecular weight is 737 g/mol. The lowest BCUT2D eigenvalue weighted by Gasteiger charge is -2.21. The largest absolute Gasteiger partial charge is 0.494 e. The van der Waals surface area contributed by atoms with Crippen LogP contribution in [-0.4, -0.2) is 61.5 Å². The van der Waals surface area contributed by atoms with Crippen LogP contribution in [0.2, 0.25) is 0 Å². The number of carbonyl (C=O) groups is 3. The zero-order valence-electron chi connectivity index (χ0n) is 30.7. The third-order valence-electron chi connectivity index (χ3n) is 8.79. The van der Waals surface area contributed by atoms with Crippen LogP contribution in [0.15, 0.2) is 85.6 Å². The molecule has 0 spiro atoms. The molecule has 2 atom stereocenters. The first-order valence-corrected chi connectivity index (χ1v) is 18.9. The lowest BCUT2D eigenvalue weighted by atomic mass is 9.95. The molecule has 3 aromatic heterocycles. The zero-order chi connectivity index (χ0) is 37.8. The van der Waals surface area contributed by atoms with E-state index in [9.17, 15) is 19.5 Å². The van der Waals surface area contributed by atoms with Crippen molar-refractivity contribution in [2.75, 3.05) is 6.61 Å². The molecule has 0 fully saturated rings. The fraction of sp³-hybridized carbons (Fsp3) is 0.366. The summed E-state index contributed by atoms with van der Waals surface area (Å²) >= 11 is 1.37. The third-order valence-corrected chi connectivity index (χ3v) is 10.3. The molecule has 0 aliphatic rings. The van der Waals surface area contributed by atoms with Crippen molar-refractivity contribution in [3.05, 3.63) is 107 Å². The number of aliphatic carboxylic acids is 1. The van der Waals surface area contributed by atoms with Crippen molar-refractivity contribution in [3.63, 3.8) is 0 Å². The monoisotopic (exact) mass is 736 g/mol. The summed E-state index contributed by atoms with van der Waals surface area (Å²) in [5.41, 5.74) is 3.83. The Kier molecular flexibility index (Phi) is 13.5. The molecule has 0 radical (unpaired) electrons. The highest BCUT2D eigenvalue weighted by molar-refractivity contribution is 7.14. The van der Waals surface area contributed by atoms with Gasteiger partial charge in [0.15, 0.2) is 5.82 Å². The van der Waals surface area contributed by atoms with Crippen LogP contribution in [-0.2, 0) is 27.8 Å². The summed E-state index contributed by atoms with van der Waals surface area (Å²) in [5.74, 6) is -0.824. The predicted molar refractivity (Wildman–Crippen MR) is 207 cm³/mol. The molecular formula is C41H48N6O5S. The van der Waals surface area contributed by atoms with Crippen molar-refractivity contribution in [1.29, 1.82) is 0 Å². The summed E-state index contributed by atoms with van der Waals surface area (Å²) in [5, 5.41) is 15.3. The molecule has 0 saturated carbocycles. The Labute approximate surface area is 314 Å². The van der Waals surface area contributed by atoms with E-state index in [0.717, 1.165) is 39.3 Å². The maximum atomic E-state index is 13.6. The standard InChI is InChI=1S/C41H48N6O5S/c1-5-6-7-8-9-20-52-32-16-14-28(15-17-32)30-23-43-37(44-24-30)29-12-10-27(11-13-29)21-33(46-39(49)35-18-19-36(53-35)41(2,3)4)38(48)47-34(40(50)51)22-31-25-42-26-45-31/h10-19,23-26,33-34H,5-9,20-22H2,1-4H3,(H,42,45)(H,46,49)(H,47,48)(H,50,51)/t33-,34+/m0/s1. The number of H-pyrrole nitrogens is 1. The number of ether oxygens (including phenoxy) is 1. The van der Waals surface area contributed by atoms with E-state index >= 15 is 0 Å². The number of unbranched alkanes of at least 4 members (excludes halogenated alkanes) is 4. The topological polar surface area (TPSA) is 159 Å². The summed E-state index contributed by atoms with van der Waals surface area (Å²) in [4.78, 5) is 56.6. The van der Waals surface area contributed by atoms with E-state index in [2.05, 4.69) is 58.3 Å². The van der Waals surface area contributed by atoms with Crippen LogP contribution in [0.1, 0.15) is 85.6 Å². The molecule has 12 heteroatoms. The minimum Gasteiger partial charge on any atom is -0.494 e. The molecule has 2 amide bonds. The second-order valence-electron chi connectivity index (χ2n) is 14.1. The number of carbonyl (C=O) groups excluding carboxylic acids is 2. The highest BCUT2D eigenvalue weighted by Crippen LogP contribution is 2.30. The van der Waals surface area contributed by atoms with Crippen LogP contribution in [0.5, 0.6) is 5.75 Å². The highest BCUT2D eigenvalue weighted by atomic mass is 32.1. The number of amides is 2. The zero-order valence-corrected chi connectivity index (χ0v) is 31.5. The van der Waals surface area contributed by atoms with Crippen molar-refractivity contribution in [3.8, 4) is 28.3 Å². The number of carboxylic acids is 1. The Balaban J connectivity index is 1.25. The van der Waals surface area contributed by atoms with Gasteiger partial charge in [0, 0.05) is 53.1 Å². The molecule has 2 aromatic carbocycles. The Morgan fingerprint density at radius 3 is 2.13 bits per heavy atom. The third kappa shape index (κ3) is 11.3. The van der Waals surface area contributed by atoms with Crippen molar-refractivity contribution >= 4 is 29.1 Å². The van der Waals surface area contributed by atoms with Gasteiger partial charge in [0.1, 0.15) is 17.8 Å². The molecule has 3 heterocycles. The van der Waals surface area contributed by atoms with Gasteiger partial charge in [0.05, 0.1) is 17.8 Å². The van der Waals surface area contributed by atoms with Gasteiger partial charge in [0.25, 0.3) is 5.91 Å². The van der Waals surface area contributed by atoms with Crippen LogP contribution >= 0.6 is 11.3 Å². The number of imidazole rings is 1. The number of aromatic amines is 1. The predicted octanol–water partition coefficient (Wildman–Crippen LogP) is 7.40. The van der Waals surface area contributed by atoms with E-state index in [1.807, 2.05) is 54.6 Å². The summed E-state index contributed by atoms with van der Waals surface area (Å²) in [6.45, 7) is 9.13. The Morgan fingerprint density at radius 1 is 0.811 bits per heavy atom. The smallest absolute Gasteiger partial charge is 0.326 e. The van der Waals surface area contributed by atoms with Gasteiger partial charge in [-0.25, -0.2) is 19.7 Å². The Morgan fingerprint density at radius 2 is 1.51 bits per heavy atom. The lowest BCUT2D eigenvalue weighted by Crippen LogP contribution is -2.53. The average Bonchev–Trinajstić information content (AvgIpc) is 3.87. The molecule has 0 aliphatic heterocycles. The number of hydrogen-bond acceptors (Lipinski definition) is 8. The summed E-state index contributed by atoms with van der Waals surface area (Å²) < 4.78 is 5.90. The maximum Gasteiger partial charge on any atom is 0.326 e. The van der Waals surface area contributed by atoms with E-state index in [0.29, 0.717) is 23.0 Å². The fourth-order valence-electron chi connectivity index (χ4n) is 5.68. The molecule has 4 N–H and O–H groups in total. The van der Waals surface area contributed by atoms with Gasteiger partial charge in [0.2, 0.25) is 5.91 Å². The van der Waals surface area contributed by atoms with Crippen molar-refractivity contribution in [2.24, 2.45) is 0 Å². The van der Waals surface area contributed by atoms with E-state index in [-0.39, 0.29) is 18.3 Å². The SMILES string of the molecule is CCCCCCCOc1ccc(-c2cnc(-c3ccc(C[C@H](NC(=O)c4ccc(C(C)(C)C)s4)C(=O)N[C@H](Cc4cnc[nH]4)C(=O)O)cc3)nc2)cc1. The molecule has 0 aliphatic carbocycles. The number of thiophene rings is 1. The van der Waals surface area contributed by atoms with Gasteiger partial charge in [-0.3, -0.25) is 9.59 Å². The van der Waals surface area contributed by atoms with Crippen LogP contribution in [0.4, 0.5) is 0 Å². The lowest BCUT2D eigenvalue weighted by molar-refractivity contribution is -0.142. The second-order valence-corrected chi connectivity index (χ2v) is 15.2. The van der Waals surface area contributed by atoms with E-state index in [4.69, 9.17) is 4.74 Å². The molecule has 53 heavy (non-hydrogen) atoms. The Hall–Kier alpha value is -5.36. The van der Waals surface area contributed by atoms with Crippen molar-refractivity contribution in [2.45, 2.75) is 90.1 Å². The maximum absolute atomic E-state index is 13.6. The van der Waals surface area contributed by atoms with E-state index in [1.165, 1.54) is 49.5 Å². The van der Waals surface area contributed by atoms with Crippen LogP contribution < -0.4 is 15.4 Å². The first-order chi connectivity index (χ1) is 25.5. The van der Waals surface area contributed by atoms with Gasteiger partial charge in [-0.2, -0.15) is 0 Å². The van der Waals surface area contributed by atoms with Gasteiger partial charge < -0.3 is 25.5 Å². The van der Waals surface area contributed by atoms with Gasteiger partial charge in [-0.05, 0) is 47.2 Å². The number of hydrogen-bond donors (Lipinski definition) is 4. The van der Waals surface area contributed by atoms with E-state index in [1.54, 1.807) is 18.5 Å². The Bertz CT molecular complexity index is 1920. The molecule has 0 bridgehead atoms. The minimum absolute atomic E-state index is 0.00801. The number of benzene rings is 2. The number of rotatable bonds is 18. The number of nitrogens with zero attached hydrogens (tertiary/aromatic N) is 3. The molecular weight excluding hydrogens is 689 g/mol. The molecule has 0 saturated heterocycles. The number of nitrogens with one attached hydrogen (secondary N) is 3. The number of aromatic nitrogens is 4. The van der Waals surface area contributed by atoms with Gasteiger partial charge >= 0.3 is 5.97 Å². The van der Waals surface area contributed by atoms with Gasteiger partial charge in [-0.1, -0.05) is 89.8 Å². The fourth-order valence-corrected chi connectivity index (χ4v) is 6.65. The summed E-state index contributed by atoms with van der Waals surface area (Å²) in [6, 6.07) is 16.8. The van der Waals surface area contributed by atoms with Crippen molar-refractivity contribution < 1.29 is 24.2 Å². The highest BCUT2D eigenvalue weighted by Gasteiger charge is 2.29. The summed E-state index contributed by atoms with van der Waals surface area (Å²) in [6.07, 6.45) is 12.6. The van der Waals surface area contributed by atoms with Crippen LogP contribution in [0.3, 0.4) is 0 Å². The molecule has 278 valence electrons. The summed E-state index contributed by atoms with van der Waals surface area (Å²) in [7, 11) is 0. The first kappa shape index (κ1) is 38.9. The van der Waals surface area contributed by atoms with Crippen molar-refractivity contribution in [1.82, 2.24) is 30.6 Å². The van der Waals surface area contributed by atoms with Gasteiger partial charge in [-0.15, -0.1) is 11.3 Å². The normalized spacial score (nSPS) is 12.5. The molecule has 5 aromatic rings. The quantitative estimate of drug-likeness (QED) is 0.0678. The first-order valence-electron chi connectivity index (χ1n) is 18.1. The molecule has 0 unspecified atom stereocenters. The van der Waals surface area contributed by atoms with Crippen LogP contribution in [0.25, 0.3) is 22.5 Å². The molecule has 11 nitrogen and oxygen atoms in total. The second kappa shape index (κ2) is 18.4. The minimum atomic E-state index is -1.23. The molecule has 5 rings (SSSR count). The van der Waals surface area contributed by atoms with E-state index < -0.39 is 29.9 Å².